The molecule has 0 atom stereocenters. The van der Waals surface area contributed by atoms with Crippen LogP contribution in [0.5, 0.6) is 5.75 Å². The van der Waals surface area contributed by atoms with Crippen molar-refractivity contribution < 1.29 is 22.7 Å². The summed E-state index contributed by atoms with van der Waals surface area (Å²) >= 11 is 0. The van der Waals surface area contributed by atoms with Gasteiger partial charge in [-0.1, -0.05) is 18.6 Å². The van der Waals surface area contributed by atoms with Crippen molar-refractivity contribution in [3.8, 4) is 5.75 Å². The van der Waals surface area contributed by atoms with Crippen LogP contribution in [0, 0.1) is 0 Å². The number of amides is 1. The average Bonchev–Trinajstić information content (AvgIpc) is 2.53. The summed E-state index contributed by atoms with van der Waals surface area (Å²) < 4.78 is 41.3. The third-order valence-corrected chi connectivity index (χ3v) is 4.48. The standard InChI is InChI=1S/C17H17F3N4O2/c18-17(19,20)26-12-4-1-3-11(7-12)16(5-2-6-16)10-24-15(25)13-8-23-14(21)9-22-13/h1,3-4,7-9H,2,5-6,10H2,(H2,21,23)(H,24,25). The van der Waals surface area contributed by atoms with Gasteiger partial charge in [0.05, 0.1) is 12.4 Å². The van der Waals surface area contributed by atoms with E-state index in [0.29, 0.717) is 5.56 Å². The number of benzene rings is 1. The highest BCUT2D eigenvalue weighted by Crippen LogP contribution is 2.44. The maximum absolute atomic E-state index is 12.4. The molecule has 26 heavy (non-hydrogen) atoms. The quantitative estimate of drug-likeness (QED) is 0.849. The Morgan fingerprint density at radius 2 is 2.04 bits per heavy atom. The van der Waals surface area contributed by atoms with Gasteiger partial charge in [0.2, 0.25) is 0 Å². The van der Waals surface area contributed by atoms with E-state index >= 15 is 0 Å². The molecule has 0 unspecified atom stereocenters. The van der Waals surface area contributed by atoms with E-state index in [1.807, 2.05) is 0 Å². The van der Waals surface area contributed by atoms with Gasteiger partial charge >= 0.3 is 6.36 Å². The van der Waals surface area contributed by atoms with E-state index < -0.39 is 17.7 Å². The summed E-state index contributed by atoms with van der Waals surface area (Å²) in [6.07, 6.45) is 0.267. The number of halogens is 3. The molecule has 1 heterocycles. The van der Waals surface area contributed by atoms with Crippen molar-refractivity contribution in [2.24, 2.45) is 0 Å². The molecule has 138 valence electrons. The number of nitrogen functional groups attached to an aromatic ring is 1. The van der Waals surface area contributed by atoms with Crippen LogP contribution in [0.3, 0.4) is 0 Å². The Morgan fingerprint density at radius 1 is 1.27 bits per heavy atom. The van der Waals surface area contributed by atoms with Gasteiger partial charge in [0.15, 0.2) is 0 Å². The molecule has 1 aromatic carbocycles. The molecule has 6 nitrogen and oxygen atoms in total. The molecule has 3 rings (SSSR count). The van der Waals surface area contributed by atoms with Crippen molar-refractivity contribution >= 4 is 11.7 Å². The minimum Gasteiger partial charge on any atom is -0.406 e. The van der Waals surface area contributed by atoms with Crippen molar-refractivity contribution in [1.29, 1.82) is 0 Å². The van der Waals surface area contributed by atoms with Crippen molar-refractivity contribution in [2.45, 2.75) is 31.0 Å². The number of carbonyl (C=O) groups excluding carboxylic acids is 1. The van der Waals surface area contributed by atoms with E-state index in [4.69, 9.17) is 5.73 Å². The van der Waals surface area contributed by atoms with Gasteiger partial charge in [-0.05, 0) is 30.5 Å². The molecular formula is C17H17F3N4O2. The van der Waals surface area contributed by atoms with Gasteiger partial charge < -0.3 is 15.8 Å². The molecule has 1 aromatic heterocycles. The van der Waals surface area contributed by atoms with Crippen LogP contribution >= 0.6 is 0 Å². The Hall–Kier alpha value is -2.84. The Balaban J connectivity index is 1.72. The van der Waals surface area contributed by atoms with E-state index in [2.05, 4.69) is 20.0 Å². The maximum atomic E-state index is 12.4. The monoisotopic (exact) mass is 366 g/mol. The highest BCUT2D eigenvalue weighted by molar-refractivity contribution is 5.92. The minimum absolute atomic E-state index is 0.128. The fourth-order valence-electron chi connectivity index (χ4n) is 2.99. The van der Waals surface area contributed by atoms with Gasteiger partial charge in [-0.25, -0.2) is 9.97 Å². The van der Waals surface area contributed by atoms with Crippen molar-refractivity contribution in [3.05, 3.63) is 47.9 Å². The predicted molar refractivity (Wildman–Crippen MR) is 87.4 cm³/mol. The number of aromatic nitrogens is 2. The van der Waals surface area contributed by atoms with Crippen LogP contribution in [0.1, 0.15) is 35.3 Å². The molecule has 0 spiro atoms. The second-order valence-corrected chi connectivity index (χ2v) is 6.22. The van der Waals surface area contributed by atoms with E-state index in [9.17, 15) is 18.0 Å². The lowest BCUT2D eigenvalue weighted by atomic mass is 9.64. The molecule has 0 saturated heterocycles. The second-order valence-electron chi connectivity index (χ2n) is 6.22. The van der Waals surface area contributed by atoms with Crippen molar-refractivity contribution in [1.82, 2.24) is 15.3 Å². The first-order valence-electron chi connectivity index (χ1n) is 7.99. The Morgan fingerprint density at radius 3 is 2.62 bits per heavy atom. The zero-order chi connectivity index (χ0) is 18.8. The molecule has 1 aliphatic carbocycles. The smallest absolute Gasteiger partial charge is 0.406 e. The number of carbonyl (C=O) groups is 1. The summed E-state index contributed by atoms with van der Waals surface area (Å²) in [6.45, 7) is 0.285. The SMILES string of the molecule is Nc1cnc(C(=O)NCC2(c3cccc(OC(F)(F)F)c3)CCC2)cn1. The summed E-state index contributed by atoms with van der Waals surface area (Å²) in [5.74, 6) is -0.470. The van der Waals surface area contributed by atoms with Crippen molar-refractivity contribution in [2.75, 3.05) is 12.3 Å². The van der Waals surface area contributed by atoms with Crippen LogP contribution in [0.15, 0.2) is 36.7 Å². The van der Waals surface area contributed by atoms with E-state index in [-0.39, 0.29) is 23.8 Å². The lowest BCUT2D eigenvalue weighted by Gasteiger charge is -2.42. The predicted octanol–water partition coefficient (Wildman–Crippen LogP) is 2.81. The summed E-state index contributed by atoms with van der Waals surface area (Å²) in [4.78, 5) is 19.9. The summed E-state index contributed by atoms with van der Waals surface area (Å²) in [6, 6.07) is 5.90. The molecule has 0 radical (unpaired) electrons. The second kappa shape index (κ2) is 6.81. The molecule has 3 N–H and O–H groups in total. The Labute approximate surface area is 147 Å². The van der Waals surface area contributed by atoms with Crippen LogP contribution in [0.25, 0.3) is 0 Å². The molecule has 1 fully saturated rings. The fraction of sp³-hybridized carbons (Fsp3) is 0.353. The number of hydrogen-bond acceptors (Lipinski definition) is 5. The third kappa shape index (κ3) is 4.04. The highest BCUT2D eigenvalue weighted by atomic mass is 19.4. The normalized spacial score (nSPS) is 15.8. The minimum atomic E-state index is -4.74. The zero-order valence-electron chi connectivity index (χ0n) is 13.7. The third-order valence-electron chi connectivity index (χ3n) is 4.48. The molecular weight excluding hydrogens is 349 g/mol. The van der Waals surface area contributed by atoms with Gasteiger partial charge in [-0.2, -0.15) is 0 Å². The average molecular weight is 366 g/mol. The molecule has 2 aromatic rings. The molecule has 0 bridgehead atoms. The van der Waals surface area contributed by atoms with E-state index in [0.717, 1.165) is 19.3 Å². The summed E-state index contributed by atoms with van der Waals surface area (Å²) in [5.41, 5.74) is 5.85. The maximum Gasteiger partial charge on any atom is 0.573 e. The Kier molecular flexibility index (Phi) is 4.71. The molecule has 0 aliphatic heterocycles. The number of anilines is 1. The number of nitrogens with one attached hydrogen (secondary N) is 1. The number of hydrogen-bond donors (Lipinski definition) is 2. The van der Waals surface area contributed by atoms with Crippen LogP contribution in [0.4, 0.5) is 19.0 Å². The van der Waals surface area contributed by atoms with Gasteiger partial charge in [-0.3, -0.25) is 4.79 Å². The van der Waals surface area contributed by atoms with Gasteiger partial charge in [-0.15, -0.1) is 13.2 Å². The largest absolute Gasteiger partial charge is 0.573 e. The fourth-order valence-corrected chi connectivity index (χ4v) is 2.99. The highest BCUT2D eigenvalue weighted by Gasteiger charge is 2.40. The summed E-state index contributed by atoms with van der Waals surface area (Å²) in [7, 11) is 0. The number of nitrogens with zero attached hydrogens (tertiary/aromatic N) is 2. The lowest BCUT2D eigenvalue weighted by molar-refractivity contribution is -0.274. The van der Waals surface area contributed by atoms with Gasteiger partial charge in [0, 0.05) is 12.0 Å². The van der Waals surface area contributed by atoms with Crippen LogP contribution in [-0.2, 0) is 5.41 Å². The molecule has 1 saturated carbocycles. The number of rotatable bonds is 5. The van der Waals surface area contributed by atoms with Crippen molar-refractivity contribution in [3.63, 3.8) is 0 Å². The van der Waals surface area contributed by atoms with Crippen LogP contribution < -0.4 is 15.8 Å². The van der Waals surface area contributed by atoms with Gasteiger partial charge in [0.25, 0.3) is 5.91 Å². The van der Waals surface area contributed by atoms with Gasteiger partial charge in [0.1, 0.15) is 17.3 Å². The zero-order valence-corrected chi connectivity index (χ0v) is 13.7. The molecule has 9 heteroatoms. The van der Waals surface area contributed by atoms with E-state index in [1.165, 1.54) is 30.6 Å². The number of ether oxygens (including phenoxy) is 1. The molecule has 1 amide bonds. The summed E-state index contributed by atoms with van der Waals surface area (Å²) in [5, 5.41) is 2.78. The first kappa shape index (κ1) is 18.0. The lowest BCUT2D eigenvalue weighted by Crippen LogP contribution is -2.45. The first-order valence-corrected chi connectivity index (χ1v) is 7.99. The van der Waals surface area contributed by atoms with E-state index in [1.54, 1.807) is 6.07 Å². The van der Waals surface area contributed by atoms with Crippen LogP contribution in [0.2, 0.25) is 0 Å². The topological polar surface area (TPSA) is 90.1 Å². The Bertz CT molecular complexity index is 789. The molecule has 1 aliphatic rings. The van der Waals surface area contributed by atoms with Crippen LogP contribution in [-0.4, -0.2) is 28.8 Å². The number of alkyl halides is 3. The first-order chi connectivity index (χ1) is 12.3. The number of nitrogens with two attached hydrogens (primary N) is 1.